The van der Waals surface area contributed by atoms with E-state index in [0.29, 0.717) is 5.92 Å². The van der Waals surface area contributed by atoms with E-state index in [2.05, 4.69) is 65.1 Å². The minimum absolute atomic E-state index is 0.688. The Kier molecular flexibility index (Phi) is 5.28. The summed E-state index contributed by atoms with van der Waals surface area (Å²) in [5.41, 5.74) is 2.79. The topological polar surface area (TPSA) is 15.3 Å². The Morgan fingerprint density at radius 3 is 2.68 bits per heavy atom. The zero-order valence-corrected chi connectivity index (χ0v) is 13.8. The van der Waals surface area contributed by atoms with Gasteiger partial charge in [0, 0.05) is 35.8 Å². The van der Waals surface area contributed by atoms with Crippen molar-refractivity contribution in [3.05, 3.63) is 28.2 Å². The number of nitrogens with zero attached hydrogens (tertiary/aromatic N) is 1. The van der Waals surface area contributed by atoms with Gasteiger partial charge in [0.2, 0.25) is 0 Å². The second kappa shape index (κ2) is 6.76. The molecule has 0 heterocycles. The van der Waals surface area contributed by atoms with E-state index in [4.69, 9.17) is 0 Å². The quantitative estimate of drug-likeness (QED) is 0.809. The number of anilines is 1. The lowest BCUT2D eigenvalue weighted by atomic mass is 10.1. The van der Waals surface area contributed by atoms with E-state index in [0.717, 1.165) is 25.7 Å². The van der Waals surface area contributed by atoms with Crippen LogP contribution in [0.1, 0.15) is 39.2 Å². The van der Waals surface area contributed by atoms with Crippen LogP contribution in [-0.4, -0.2) is 19.1 Å². The monoisotopic (exact) mass is 324 g/mol. The highest BCUT2D eigenvalue weighted by atomic mass is 79.9. The Bertz CT molecular complexity index is 413. The summed E-state index contributed by atoms with van der Waals surface area (Å²) in [5.74, 6) is 0.688. The van der Waals surface area contributed by atoms with Gasteiger partial charge in [-0.2, -0.15) is 0 Å². The highest BCUT2D eigenvalue weighted by Gasteiger charge is 2.21. The third-order valence-electron chi connectivity index (χ3n) is 3.51. The number of rotatable bonds is 7. The van der Waals surface area contributed by atoms with Gasteiger partial charge < -0.3 is 10.2 Å². The molecule has 0 saturated heterocycles. The Morgan fingerprint density at radius 1 is 1.37 bits per heavy atom. The van der Waals surface area contributed by atoms with Crippen LogP contribution in [0.5, 0.6) is 0 Å². The minimum Gasteiger partial charge on any atom is -0.371 e. The van der Waals surface area contributed by atoms with Crippen LogP contribution in [0.4, 0.5) is 5.69 Å². The summed E-state index contributed by atoms with van der Waals surface area (Å²) in [6.07, 6.45) is 2.68. The van der Waals surface area contributed by atoms with Gasteiger partial charge in [0.25, 0.3) is 0 Å². The van der Waals surface area contributed by atoms with Crippen molar-refractivity contribution in [3.8, 4) is 0 Å². The first kappa shape index (κ1) is 14.9. The molecule has 0 radical (unpaired) electrons. The lowest BCUT2D eigenvalue weighted by Crippen LogP contribution is -2.29. The molecule has 1 fully saturated rings. The molecule has 2 nitrogen and oxygen atoms in total. The molecule has 0 aliphatic heterocycles. The van der Waals surface area contributed by atoms with Crippen LogP contribution in [0.15, 0.2) is 22.7 Å². The van der Waals surface area contributed by atoms with Crippen molar-refractivity contribution in [2.24, 2.45) is 5.92 Å². The molecule has 2 rings (SSSR count). The number of hydrogen-bond acceptors (Lipinski definition) is 2. The van der Waals surface area contributed by atoms with Crippen molar-refractivity contribution >= 4 is 21.6 Å². The van der Waals surface area contributed by atoms with Crippen LogP contribution in [0.3, 0.4) is 0 Å². The van der Waals surface area contributed by atoms with E-state index in [9.17, 15) is 0 Å². The first-order valence-corrected chi connectivity index (χ1v) is 8.16. The fourth-order valence-corrected chi connectivity index (χ4v) is 2.79. The van der Waals surface area contributed by atoms with E-state index >= 15 is 0 Å². The molecule has 0 atom stereocenters. The summed E-state index contributed by atoms with van der Waals surface area (Å²) < 4.78 is 1.17. The maximum Gasteiger partial charge on any atom is 0.0412 e. The lowest BCUT2D eigenvalue weighted by molar-refractivity contribution is 0.613. The molecule has 1 N–H and O–H groups in total. The van der Waals surface area contributed by atoms with Crippen molar-refractivity contribution < 1.29 is 0 Å². The second-order valence-electron chi connectivity index (χ2n) is 5.86. The summed E-state index contributed by atoms with van der Waals surface area (Å²) in [7, 11) is 0. The number of hydrogen-bond donors (Lipinski definition) is 1. The third kappa shape index (κ3) is 4.50. The molecule has 0 spiro atoms. The molecule has 106 valence electrons. The highest BCUT2D eigenvalue weighted by molar-refractivity contribution is 9.10. The van der Waals surface area contributed by atoms with Crippen LogP contribution >= 0.6 is 15.9 Å². The van der Waals surface area contributed by atoms with Crippen molar-refractivity contribution in [2.45, 2.75) is 46.2 Å². The molecular formula is C16H25BrN2. The van der Waals surface area contributed by atoms with Crippen LogP contribution in [0.25, 0.3) is 0 Å². The second-order valence-corrected chi connectivity index (χ2v) is 6.78. The molecule has 0 bridgehead atoms. The van der Waals surface area contributed by atoms with Gasteiger partial charge in [-0.15, -0.1) is 0 Å². The van der Waals surface area contributed by atoms with E-state index in [1.807, 2.05) is 0 Å². The number of nitrogens with one attached hydrogen (secondary N) is 1. The molecule has 1 saturated carbocycles. The smallest absolute Gasteiger partial charge is 0.0412 e. The maximum absolute atomic E-state index is 3.63. The Balaban J connectivity index is 2.15. The third-order valence-corrected chi connectivity index (χ3v) is 4.00. The Hall–Kier alpha value is -0.540. The summed E-state index contributed by atoms with van der Waals surface area (Å²) in [5, 5.41) is 3.63. The van der Waals surface area contributed by atoms with Gasteiger partial charge in [0.05, 0.1) is 0 Å². The average molecular weight is 325 g/mol. The predicted molar refractivity (Wildman–Crippen MR) is 86.7 cm³/mol. The number of benzene rings is 1. The van der Waals surface area contributed by atoms with Crippen molar-refractivity contribution in [1.82, 2.24) is 5.32 Å². The standard InChI is InChI=1S/C16H25BrN2/c1-4-19(11-12(2)3)16-8-5-14(17)9-13(16)10-18-15-6-7-15/h5,8-9,12,15,18H,4,6-7,10-11H2,1-3H3. The molecular weight excluding hydrogens is 300 g/mol. The highest BCUT2D eigenvalue weighted by Crippen LogP contribution is 2.27. The molecule has 0 amide bonds. The van der Waals surface area contributed by atoms with Gasteiger partial charge in [0.1, 0.15) is 0 Å². The van der Waals surface area contributed by atoms with Crippen LogP contribution in [0, 0.1) is 5.92 Å². The SMILES string of the molecule is CCN(CC(C)C)c1ccc(Br)cc1CNC1CC1. The maximum atomic E-state index is 3.63. The average Bonchev–Trinajstić information content (AvgIpc) is 3.18. The molecule has 0 unspecified atom stereocenters. The van der Waals surface area contributed by atoms with Crippen molar-refractivity contribution in [1.29, 1.82) is 0 Å². The van der Waals surface area contributed by atoms with Gasteiger partial charge in [0.15, 0.2) is 0 Å². The van der Waals surface area contributed by atoms with Crippen LogP contribution in [-0.2, 0) is 6.54 Å². The fourth-order valence-electron chi connectivity index (χ4n) is 2.38. The molecule has 19 heavy (non-hydrogen) atoms. The summed E-state index contributed by atoms with van der Waals surface area (Å²) in [4.78, 5) is 2.49. The molecule has 0 aromatic heterocycles. The lowest BCUT2D eigenvalue weighted by Gasteiger charge is -2.28. The van der Waals surface area contributed by atoms with Crippen molar-refractivity contribution in [2.75, 3.05) is 18.0 Å². The normalized spacial score (nSPS) is 15.0. The van der Waals surface area contributed by atoms with Gasteiger partial charge in [-0.3, -0.25) is 0 Å². The van der Waals surface area contributed by atoms with Crippen LogP contribution in [0.2, 0.25) is 0 Å². The summed E-state index contributed by atoms with van der Waals surface area (Å²) in [6.45, 7) is 9.97. The minimum atomic E-state index is 0.688. The number of halogens is 1. The first-order valence-electron chi connectivity index (χ1n) is 7.37. The van der Waals surface area contributed by atoms with Gasteiger partial charge in [-0.1, -0.05) is 29.8 Å². The van der Waals surface area contributed by atoms with E-state index in [1.54, 1.807) is 0 Å². The van der Waals surface area contributed by atoms with E-state index < -0.39 is 0 Å². The largest absolute Gasteiger partial charge is 0.371 e. The van der Waals surface area contributed by atoms with E-state index in [-0.39, 0.29) is 0 Å². The van der Waals surface area contributed by atoms with E-state index in [1.165, 1.54) is 28.6 Å². The van der Waals surface area contributed by atoms with Crippen molar-refractivity contribution in [3.63, 3.8) is 0 Å². The zero-order valence-electron chi connectivity index (χ0n) is 12.2. The van der Waals surface area contributed by atoms with Gasteiger partial charge >= 0.3 is 0 Å². The molecule has 3 heteroatoms. The summed E-state index contributed by atoms with van der Waals surface area (Å²) >= 11 is 3.59. The Labute approximate surface area is 125 Å². The first-order chi connectivity index (χ1) is 9.10. The zero-order chi connectivity index (χ0) is 13.8. The molecule has 1 aliphatic carbocycles. The fraction of sp³-hybridized carbons (Fsp3) is 0.625. The Morgan fingerprint density at radius 2 is 2.11 bits per heavy atom. The van der Waals surface area contributed by atoms with Gasteiger partial charge in [-0.05, 0) is 49.4 Å². The molecule has 1 aliphatic rings. The van der Waals surface area contributed by atoms with Gasteiger partial charge in [-0.25, -0.2) is 0 Å². The molecule has 1 aromatic carbocycles. The van der Waals surface area contributed by atoms with Crippen LogP contribution < -0.4 is 10.2 Å². The summed E-state index contributed by atoms with van der Waals surface area (Å²) in [6, 6.07) is 7.42. The predicted octanol–water partition coefficient (Wildman–Crippen LogP) is 4.18. The molecule has 1 aromatic rings.